The van der Waals surface area contributed by atoms with Crippen LogP contribution in [0.1, 0.15) is 32.0 Å². The lowest BCUT2D eigenvalue weighted by molar-refractivity contribution is -0.114. The molecule has 0 aliphatic carbocycles. The number of benzene rings is 2. The predicted octanol–water partition coefficient (Wildman–Crippen LogP) is 4.51. The van der Waals surface area contributed by atoms with Crippen LogP contribution in [-0.4, -0.2) is 30.8 Å². The lowest BCUT2D eigenvalue weighted by atomic mass is 10.1. The molecule has 7 nitrogen and oxygen atoms in total. The van der Waals surface area contributed by atoms with Gasteiger partial charge in [0.1, 0.15) is 0 Å². The van der Waals surface area contributed by atoms with Gasteiger partial charge in [-0.15, -0.1) is 9.73 Å². The largest absolute Gasteiger partial charge is 0.505 e. The summed E-state index contributed by atoms with van der Waals surface area (Å²) in [6.07, 6.45) is 2.65. The van der Waals surface area contributed by atoms with Crippen LogP contribution in [0.2, 0.25) is 10.0 Å². The highest BCUT2D eigenvalue weighted by Crippen LogP contribution is 2.33. The topological polar surface area (TPSA) is 92.4 Å². The number of amides is 1. The Morgan fingerprint density at radius 1 is 1.16 bits per heavy atom. The predicted molar refractivity (Wildman–Crippen MR) is 126 cm³/mol. The number of nitrogens with zero attached hydrogens (tertiary/aromatic N) is 4. The van der Waals surface area contributed by atoms with Crippen molar-refractivity contribution in [2.75, 3.05) is 5.32 Å². The van der Waals surface area contributed by atoms with Crippen molar-refractivity contribution in [3.8, 4) is 17.1 Å². The van der Waals surface area contributed by atoms with E-state index in [9.17, 15) is 9.90 Å². The quantitative estimate of drug-likeness (QED) is 0.448. The molecule has 164 valence electrons. The molecular weight excluding hydrogens is 449 g/mol. The molecule has 0 saturated carbocycles. The van der Waals surface area contributed by atoms with Gasteiger partial charge in [-0.05, 0) is 60.4 Å². The van der Waals surface area contributed by atoms with E-state index in [0.29, 0.717) is 23.1 Å². The first kappa shape index (κ1) is 22.0. The molecule has 0 aliphatic heterocycles. The number of carbonyl (C=O) groups excluding carboxylic acids is 1. The summed E-state index contributed by atoms with van der Waals surface area (Å²) in [7, 11) is 0. The molecule has 1 amide bonds. The Morgan fingerprint density at radius 2 is 1.81 bits per heavy atom. The number of hydrogen-bond donors (Lipinski definition) is 2. The van der Waals surface area contributed by atoms with Crippen LogP contribution in [0.4, 0.5) is 5.69 Å². The number of rotatable bonds is 5. The average Bonchev–Trinajstić information content (AvgIpc) is 3.25. The zero-order valence-electron chi connectivity index (χ0n) is 17.7. The van der Waals surface area contributed by atoms with Crippen molar-refractivity contribution >= 4 is 46.5 Å². The first-order valence-electron chi connectivity index (χ1n) is 10.0. The summed E-state index contributed by atoms with van der Waals surface area (Å²) in [5, 5.41) is 23.0. The van der Waals surface area contributed by atoms with Gasteiger partial charge in [-0.1, -0.05) is 37.0 Å². The third-order valence-electron chi connectivity index (χ3n) is 4.77. The fourth-order valence-corrected chi connectivity index (χ4v) is 3.89. The van der Waals surface area contributed by atoms with Crippen molar-refractivity contribution in [3.63, 3.8) is 0 Å². The second-order valence-corrected chi connectivity index (χ2v) is 8.76. The van der Waals surface area contributed by atoms with Gasteiger partial charge in [0.15, 0.2) is 17.2 Å². The summed E-state index contributed by atoms with van der Waals surface area (Å²) in [4.78, 5) is 15.9. The number of aromatic nitrogens is 4. The zero-order chi connectivity index (χ0) is 23.0. The van der Waals surface area contributed by atoms with Crippen LogP contribution in [0.25, 0.3) is 23.1 Å². The van der Waals surface area contributed by atoms with Crippen molar-refractivity contribution in [1.29, 1.82) is 0 Å². The molecule has 2 heterocycles. The van der Waals surface area contributed by atoms with Gasteiger partial charge in [-0.25, -0.2) is 4.98 Å². The Balaban J connectivity index is 1.82. The van der Waals surface area contributed by atoms with Crippen LogP contribution in [0, 0.1) is 5.92 Å². The molecule has 0 unspecified atom stereocenters. The Hall–Kier alpha value is -3.16. The average molecular weight is 470 g/mol. The van der Waals surface area contributed by atoms with Crippen LogP contribution < -0.4 is 10.5 Å². The number of phenolic OH excluding ortho intramolecular Hbond substituents is 1. The van der Waals surface area contributed by atoms with Crippen LogP contribution in [0.15, 0.2) is 36.4 Å². The molecule has 0 fully saturated rings. The van der Waals surface area contributed by atoms with E-state index in [1.807, 2.05) is 18.2 Å². The minimum absolute atomic E-state index is 0.131. The van der Waals surface area contributed by atoms with Gasteiger partial charge < -0.3 is 10.4 Å². The second-order valence-electron chi connectivity index (χ2n) is 7.94. The molecule has 2 N–H and O–H groups in total. The van der Waals surface area contributed by atoms with Crippen molar-refractivity contribution < 1.29 is 9.90 Å². The summed E-state index contributed by atoms with van der Waals surface area (Å²) in [5.74, 6) is 0.628. The van der Waals surface area contributed by atoms with E-state index >= 15 is 0 Å². The Kier molecular flexibility index (Phi) is 6.04. The van der Waals surface area contributed by atoms with Crippen LogP contribution >= 0.6 is 23.2 Å². The van der Waals surface area contributed by atoms with E-state index in [1.54, 1.807) is 24.3 Å². The van der Waals surface area contributed by atoms with Gasteiger partial charge in [0.2, 0.25) is 5.91 Å². The Labute approximate surface area is 194 Å². The molecule has 2 aromatic carbocycles. The maximum Gasteiger partial charge on any atom is 0.221 e. The Morgan fingerprint density at radius 3 is 2.41 bits per heavy atom. The third kappa shape index (κ3) is 4.54. The van der Waals surface area contributed by atoms with Crippen molar-refractivity contribution in [2.24, 2.45) is 5.92 Å². The van der Waals surface area contributed by atoms with Gasteiger partial charge >= 0.3 is 0 Å². The molecule has 4 rings (SSSR count). The van der Waals surface area contributed by atoms with Crippen molar-refractivity contribution in [2.45, 2.75) is 27.2 Å². The molecule has 0 atom stereocenters. The maximum absolute atomic E-state index is 11.2. The number of hydrogen-bond acceptors (Lipinski definition) is 5. The lowest BCUT2D eigenvalue weighted by Gasteiger charge is -2.03. The molecule has 0 saturated heterocycles. The monoisotopic (exact) mass is 469 g/mol. The summed E-state index contributed by atoms with van der Waals surface area (Å²) >= 11 is 12.2. The number of fused-ring (bicyclic) bond motifs is 1. The van der Waals surface area contributed by atoms with Crippen LogP contribution in [0.3, 0.4) is 0 Å². The van der Waals surface area contributed by atoms with Gasteiger partial charge in [0.25, 0.3) is 0 Å². The fraction of sp³-hybridized carbons (Fsp3) is 0.217. The van der Waals surface area contributed by atoms with Gasteiger partial charge in [0, 0.05) is 23.4 Å². The molecule has 2 aromatic heterocycles. The SMILES string of the molecule is CC(=O)Nc1ccc(-c2nc3/c(=C\c4cc(Cl)c(O)c(Cl)c4)c(CC(C)C)nn3n2)cc1. The third-order valence-corrected chi connectivity index (χ3v) is 5.35. The van der Waals surface area contributed by atoms with E-state index in [-0.39, 0.29) is 21.7 Å². The van der Waals surface area contributed by atoms with Gasteiger partial charge in [-0.2, -0.15) is 5.10 Å². The van der Waals surface area contributed by atoms with E-state index in [1.165, 1.54) is 11.6 Å². The lowest BCUT2D eigenvalue weighted by Crippen LogP contribution is -2.10. The minimum Gasteiger partial charge on any atom is -0.505 e. The smallest absolute Gasteiger partial charge is 0.221 e. The number of carbonyl (C=O) groups is 1. The summed E-state index contributed by atoms with van der Waals surface area (Å²) in [6, 6.07) is 10.6. The second kappa shape index (κ2) is 8.76. The molecule has 0 spiro atoms. The van der Waals surface area contributed by atoms with Crippen molar-refractivity contribution in [3.05, 3.63) is 62.9 Å². The number of phenols is 1. The summed E-state index contributed by atoms with van der Waals surface area (Å²) in [5.41, 5.74) is 3.70. The molecule has 0 aliphatic rings. The number of aromatic hydroxyl groups is 1. The Bertz CT molecular complexity index is 1340. The van der Waals surface area contributed by atoms with Crippen molar-refractivity contribution in [1.82, 2.24) is 19.8 Å². The molecule has 0 bridgehead atoms. The standard InChI is InChI=1S/C23H21Cl2N5O2/c1-12(2)8-20-17(9-14-10-18(24)21(32)19(25)11-14)23-27-22(29-30(23)28-20)15-4-6-16(7-5-15)26-13(3)31/h4-7,9-12,32H,8H2,1-3H3,(H,26,31)/b17-9-. The van der Waals surface area contributed by atoms with E-state index < -0.39 is 0 Å². The summed E-state index contributed by atoms with van der Waals surface area (Å²) in [6.45, 7) is 5.69. The van der Waals surface area contributed by atoms with E-state index in [0.717, 1.165) is 28.5 Å². The first-order valence-corrected chi connectivity index (χ1v) is 10.8. The molecular formula is C23H21Cl2N5O2. The van der Waals surface area contributed by atoms with Crippen LogP contribution in [0.5, 0.6) is 5.75 Å². The number of anilines is 1. The highest BCUT2D eigenvalue weighted by Gasteiger charge is 2.16. The molecule has 32 heavy (non-hydrogen) atoms. The highest BCUT2D eigenvalue weighted by atomic mass is 35.5. The molecule has 4 aromatic rings. The molecule has 9 heteroatoms. The van der Waals surface area contributed by atoms with E-state index in [2.05, 4.69) is 29.4 Å². The first-order chi connectivity index (χ1) is 15.2. The minimum atomic E-state index is -0.147. The van der Waals surface area contributed by atoms with Crippen LogP contribution in [-0.2, 0) is 11.2 Å². The molecule has 0 radical (unpaired) electrons. The number of nitrogens with one attached hydrogen (secondary N) is 1. The normalized spacial score (nSPS) is 12.1. The fourth-order valence-electron chi connectivity index (χ4n) is 3.39. The van der Waals surface area contributed by atoms with Gasteiger partial charge in [-0.3, -0.25) is 4.79 Å². The zero-order valence-corrected chi connectivity index (χ0v) is 19.2. The van der Waals surface area contributed by atoms with Gasteiger partial charge in [0.05, 0.1) is 15.7 Å². The van der Waals surface area contributed by atoms with E-state index in [4.69, 9.17) is 28.2 Å². The summed E-state index contributed by atoms with van der Waals surface area (Å²) < 4.78 is 1.53. The number of halogens is 2. The highest BCUT2D eigenvalue weighted by molar-refractivity contribution is 6.37. The maximum atomic E-state index is 11.2.